The molecule has 0 spiro atoms. The molecule has 1 atom stereocenters. The molecule has 2 heterocycles. The number of hydrogen-bond donors (Lipinski definition) is 1. The molecule has 120 valence electrons. The molecule has 0 aromatic carbocycles. The fraction of sp³-hybridized carbons (Fsp3) is 0.588. The number of nitrogens with one attached hydrogen (secondary N) is 1. The average Bonchev–Trinajstić information content (AvgIpc) is 2.99. The van der Waals surface area contributed by atoms with Gasteiger partial charge in [0.1, 0.15) is 0 Å². The summed E-state index contributed by atoms with van der Waals surface area (Å²) in [5.74, 6) is 0.159. The molecule has 0 saturated carbocycles. The summed E-state index contributed by atoms with van der Waals surface area (Å²) in [6.45, 7) is 7.64. The molecule has 0 bridgehead atoms. The van der Waals surface area contributed by atoms with Crippen LogP contribution in [0.3, 0.4) is 0 Å². The Balaban J connectivity index is 1.95. The Morgan fingerprint density at radius 2 is 2.14 bits per heavy atom. The van der Waals surface area contributed by atoms with Crippen molar-refractivity contribution in [2.24, 2.45) is 11.8 Å². The third-order valence-electron chi connectivity index (χ3n) is 4.71. The molecular formula is C17H25N3O2. The Morgan fingerprint density at radius 1 is 1.41 bits per heavy atom. The minimum absolute atomic E-state index is 0.434. The van der Waals surface area contributed by atoms with E-state index in [0.717, 1.165) is 24.8 Å². The number of aromatic nitrogens is 1. The van der Waals surface area contributed by atoms with Gasteiger partial charge in [-0.15, -0.1) is 0 Å². The minimum Gasteiger partial charge on any atom is -0.334 e. The van der Waals surface area contributed by atoms with Crippen molar-refractivity contribution in [1.82, 2.24) is 9.88 Å². The lowest BCUT2D eigenvalue weighted by Crippen LogP contribution is -2.38. The van der Waals surface area contributed by atoms with Crippen molar-refractivity contribution in [3.8, 4) is 0 Å². The zero-order chi connectivity index (χ0) is 16.1. The highest BCUT2D eigenvalue weighted by Crippen LogP contribution is 2.28. The van der Waals surface area contributed by atoms with E-state index in [1.807, 2.05) is 6.92 Å². The summed E-state index contributed by atoms with van der Waals surface area (Å²) in [5, 5.41) is 2.67. The first-order chi connectivity index (χ1) is 10.6. The summed E-state index contributed by atoms with van der Waals surface area (Å²) < 4.78 is 0. The van der Waals surface area contributed by atoms with Gasteiger partial charge in [0.2, 0.25) is 0 Å². The van der Waals surface area contributed by atoms with Gasteiger partial charge in [0.05, 0.1) is 11.9 Å². The van der Waals surface area contributed by atoms with Crippen LogP contribution >= 0.6 is 0 Å². The SMILES string of the molecule is CCC(CC)[C@@H]1CCN(C(=O)C(=O)Nc2cnccc2C)C1. The monoisotopic (exact) mass is 303 g/mol. The molecule has 0 unspecified atom stereocenters. The van der Waals surface area contributed by atoms with E-state index in [9.17, 15) is 9.59 Å². The maximum atomic E-state index is 12.3. The number of pyridine rings is 1. The van der Waals surface area contributed by atoms with E-state index in [-0.39, 0.29) is 0 Å². The normalized spacial score (nSPS) is 17.8. The molecule has 1 aliphatic heterocycles. The molecule has 0 aliphatic carbocycles. The van der Waals surface area contributed by atoms with Crippen molar-refractivity contribution in [2.45, 2.75) is 40.0 Å². The second-order valence-corrected chi connectivity index (χ2v) is 6.02. The number of hydrogen-bond acceptors (Lipinski definition) is 3. The number of likely N-dealkylation sites (tertiary alicyclic amines) is 1. The standard InChI is InChI=1S/C17H25N3O2/c1-4-13(5-2)14-7-9-20(11-14)17(22)16(21)19-15-10-18-8-6-12(15)3/h6,8,10,13-14H,4-5,7,9,11H2,1-3H3,(H,19,21)/t14-/m1/s1. The quantitative estimate of drug-likeness (QED) is 0.870. The van der Waals surface area contributed by atoms with Crippen molar-refractivity contribution in [2.75, 3.05) is 18.4 Å². The molecule has 5 nitrogen and oxygen atoms in total. The minimum atomic E-state index is -0.568. The van der Waals surface area contributed by atoms with Crippen LogP contribution in [0.15, 0.2) is 18.5 Å². The molecule has 2 amide bonds. The number of aryl methyl sites for hydroxylation is 1. The smallest absolute Gasteiger partial charge is 0.313 e. The van der Waals surface area contributed by atoms with Gasteiger partial charge in [-0.1, -0.05) is 26.7 Å². The number of carbonyl (C=O) groups is 2. The van der Waals surface area contributed by atoms with E-state index in [4.69, 9.17) is 0 Å². The molecule has 1 fully saturated rings. The van der Waals surface area contributed by atoms with Gasteiger partial charge in [-0.25, -0.2) is 0 Å². The van der Waals surface area contributed by atoms with E-state index in [1.165, 1.54) is 0 Å². The van der Waals surface area contributed by atoms with Crippen molar-refractivity contribution in [3.05, 3.63) is 24.0 Å². The Bertz CT molecular complexity index is 540. The molecule has 1 aromatic heterocycles. The molecule has 1 N–H and O–H groups in total. The van der Waals surface area contributed by atoms with Crippen LogP contribution in [0, 0.1) is 18.8 Å². The third kappa shape index (κ3) is 3.64. The largest absolute Gasteiger partial charge is 0.334 e. The topological polar surface area (TPSA) is 62.3 Å². The highest BCUT2D eigenvalue weighted by molar-refractivity contribution is 6.39. The van der Waals surface area contributed by atoms with Crippen LogP contribution in [0.4, 0.5) is 5.69 Å². The number of carbonyl (C=O) groups excluding carboxylic acids is 2. The lowest BCUT2D eigenvalue weighted by atomic mass is 9.87. The van der Waals surface area contributed by atoms with Crippen LogP contribution in [0.5, 0.6) is 0 Å². The van der Waals surface area contributed by atoms with Crippen LogP contribution in [0.2, 0.25) is 0 Å². The van der Waals surface area contributed by atoms with Crippen LogP contribution in [-0.2, 0) is 9.59 Å². The molecular weight excluding hydrogens is 278 g/mol. The van der Waals surface area contributed by atoms with Crippen molar-refractivity contribution in [3.63, 3.8) is 0 Å². The van der Waals surface area contributed by atoms with Gasteiger partial charge < -0.3 is 10.2 Å². The van der Waals surface area contributed by atoms with Crippen LogP contribution in [-0.4, -0.2) is 34.8 Å². The zero-order valence-corrected chi connectivity index (χ0v) is 13.6. The Morgan fingerprint density at radius 3 is 2.77 bits per heavy atom. The van der Waals surface area contributed by atoms with Crippen LogP contribution in [0.25, 0.3) is 0 Å². The average molecular weight is 303 g/mol. The Kier molecular flexibility index (Phi) is 5.52. The van der Waals surface area contributed by atoms with Gasteiger partial charge in [-0.05, 0) is 36.8 Å². The van der Waals surface area contributed by atoms with E-state index in [1.54, 1.807) is 23.4 Å². The summed E-state index contributed by atoms with van der Waals surface area (Å²) in [5.41, 5.74) is 1.49. The first-order valence-electron chi connectivity index (χ1n) is 8.07. The molecule has 0 radical (unpaired) electrons. The van der Waals surface area contributed by atoms with Crippen molar-refractivity contribution < 1.29 is 9.59 Å². The second kappa shape index (κ2) is 7.38. The molecule has 2 rings (SSSR count). The highest BCUT2D eigenvalue weighted by Gasteiger charge is 2.33. The van der Waals surface area contributed by atoms with Gasteiger partial charge in [-0.3, -0.25) is 14.6 Å². The van der Waals surface area contributed by atoms with Crippen molar-refractivity contribution >= 4 is 17.5 Å². The van der Waals surface area contributed by atoms with Crippen molar-refractivity contribution in [1.29, 1.82) is 0 Å². The predicted molar refractivity (Wildman–Crippen MR) is 86.4 cm³/mol. The van der Waals surface area contributed by atoms with Gasteiger partial charge in [0, 0.05) is 19.3 Å². The van der Waals surface area contributed by atoms with E-state index >= 15 is 0 Å². The van der Waals surface area contributed by atoms with Crippen LogP contribution in [0.1, 0.15) is 38.7 Å². The van der Waals surface area contributed by atoms with Crippen LogP contribution < -0.4 is 5.32 Å². The molecule has 22 heavy (non-hydrogen) atoms. The van der Waals surface area contributed by atoms with Gasteiger partial charge in [0.15, 0.2) is 0 Å². The van der Waals surface area contributed by atoms with Gasteiger partial charge in [-0.2, -0.15) is 0 Å². The maximum Gasteiger partial charge on any atom is 0.313 e. The third-order valence-corrected chi connectivity index (χ3v) is 4.71. The summed E-state index contributed by atoms with van der Waals surface area (Å²) >= 11 is 0. The fourth-order valence-electron chi connectivity index (χ4n) is 3.23. The Labute approximate surface area is 132 Å². The fourth-order valence-corrected chi connectivity index (χ4v) is 3.23. The lowest BCUT2D eigenvalue weighted by molar-refractivity contribution is -0.142. The summed E-state index contributed by atoms with van der Waals surface area (Å²) in [6, 6.07) is 1.80. The predicted octanol–water partition coefficient (Wildman–Crippen LogP) is 2.61. The summed E-state index contributed by atoms with van der Waals surface area (Å²) in [6.07, 6.45) is 6.48. The van der Waals surface area contributed by atoms with E-state index < -0.39 is 11.8 Å². The first kappa shape index (κ1) is 16.5. The van der Waals surface area contributed by atoms with Gasteiger partial charge >= 0.3 is 11.8 Å². The number of nitrogens with zero attached hydrogens (tertiary/aromatic N) is 2. The summed E-state index contributed by atoms with van der Waals surface area (Å²) in [4.78, 5) is 30.1. The molecule has 1 aliphatic rings. The lowest BCUT2D eigenvalue weighted by Gasteiger charge is -2.21. The first-order valence-corrected chi connectivity index (χ1v) is 8.07. The highest BCUT2D eigenvalue weighted by atomic mass is 16.2. The number of anilines is 1. The second-order valence-electron chi connectivity index (χ2n) is 6.02. The Hall–Kier alpha value is -1.91. The van der Waals surface area contributed by atoms with Gasteiger partial charge in [0.25, 0.3) is 0 Å². The number of rotatable bonds is 4. The molecule has 1 aromatic rings. The van der Waals surface area contributed by atoms with E-state index in [0.29, 0.717) is 30.6 Å². The van der Waals surface area contributed by atoms with E-state index in [2.05, 4.69) is 24.1 Å². The zero-order valence-electron chi connectivity index (χ0n) is 13.6. The maximum absolute atomic E-state index is 12.3. The summed E-state index contributed by atoms with van der Waals surface area (Å²) in [7, 11) is 0. The molecule has 1 saturated heterocycles. The number of amides is 2. The molecule has 5 heteroatoms.